The Labute approximate surface area is 137 Å². The van der Waals surface area contributed by atoms with Crippen molar-refractivity contribution in [2.45, 2.75) is 37.6 Å². The molecular weight excluding hydrogens is 292 g/mol. The standard InChI is InChI=1S/C18H26N2O3/c1-4-7-13-10-14(11-15(22-2)16(13)23-3)17(21)20-18(12-19)8-5-6-9-18/h4,10-11H,1,5-9,12,19H2,2-3H3,(H,20,21). The highest BCUT2D eigenvalue weighted by atomic mass is 16.5. The molecule has 1 aliphatic rings. The molecule has 1 aliphatic carbocycles. The zero-order valence-corrected chi connectivity index (χ0v) is 14.0. The lowest BCUT2D eigenvalue weighted by Gasteiger charge is -2.29. The minimum Gasteiger partial charge on any atom is -0.493 e. The molecule has 0 bridgehead atoms. The average molecular weight is 318 g/mol. The Bertz CT molecular complexity index is 578. The van der Waals surface area contributed by atoms with E-state index in [4.69, 9.17) is 15.2 Å². The predicted octanol–water partition coefficient (Wildman–Crippen LogP) is 2.43. The van der Waals surface area contributed by atoms with Crippen molar-refractivity contribution in [3.05, 3.63) is 35.9 Å². The lowest BCUT2D eigenvalue weighted by atomic mass is 9.96. The number of hydrogen-bond acceptors (Lipinski definition) is 4. The van der Waals surface area contributed by atoms with Gasteiger partial charge in [0.25, 0.3) is 5.91 Å². The SMILES string of the molecule is C=CCc1cc(C(=O)NC2(CN)CCCC2)cc(OC)c1OC. The van der Waals surface area contributed by atoms with Crippen molar-refractivity contribution in [2.75, 3.05) is 20.8 Å². The van der Waals surface area contributed by atoms with E-state index in [1.54, 1.807) is 26.4 Å². The maximum atomic E-state index is 12.7. The fourth-order valence-corrected chi connectivity index (χ4v) is 3.23. The summed E-state index contributed by atoms with van der Waals surface area (Å²) >= 11 is 0. The number of benzene rings is 1. The van der Waals surface area contributed by atoms with Gasteiger partial charge in [0.2, 0.25) is 0 Å². The van der Waals surface area contributed by atoms with Crippen molar-refractivity contribution in [1.82, 2.24) is 5.32 Å². The van der Waals surface area contributed by atoms with Crippen LogP contribution in [0.3, 0.4) is 0 Å². The zero-order valence-electron chi connectivity index (χ0n) is 14.0. The summed E-state index contributed by atoms with van der Waals surface area (Å²) in [6, 6.07) is 3.54. The van der Waals surface area contributed by atoms with Crippen molar-refractivity contribution >= 4 is 5.91 Å². The Morgan fingerprint density at radius 3 is 2.57 bits per heavy atom. The smallest absolute Gasteiger partial charge is 0.251 e. The van der Waals surface area contributed by atoms with Gasteiger partial charge in [-0.1, -0.05) is 18.9 Å². The molecular formula is C18H26N2O3. The number of methoxy groups -OCH3 is 2. The summed E-state index contributed by atoms with van der Waals surface area (Å²) in [6.45, 7) is 4.22. The summed E-state index contributed by atoms with van der Waals surface area (Å²) in [5.74, 6) is 1.06. The van der Waals surface area contributed by atoms with E-state index in [2.05, 4.69) is 11.9 Å². The van der Waals surface area contributed by atoms with Crippen LogP contribution in [-0.4, -0.2) is 32.2 Å². The van der Waals surface area contributed by atoms with Crippen LogP contribution >= 0.6 is 0 Å². The van der Waals surface area contributed by atoms with E-state index in [1.807, 2.05) is 6.07 Å². The first kappa shape index (κ1) is 17.3. The Morgan fingerprint density at radius 2 is 2.04 bits per heavy atom. The molecule has 1 aromatic carbocycles. The predicted molar refractivity (Wildman–Crippen MR) is 91.2 cm³/mol. The molecule has 1 amide bonds. The maximum absolute atomic E-state index is 12.7. The van der Waals surface area contributed by atoms with Crippen LogP contribution in [0, 0.1) is 0 Å². The monoisotopic (exact) mass is 318 g/mol. The Morgan fingerprint density at radius 1 is 1.35 bits per heavy atom. The van der Waals surface area contributed by atoms with Crippen LogP contribution < -0.4 is 20.5 Å². The number of rotatable bonds is 7. The van der Waals surface area contributed by atoms with E-state index in [0.717, 1.165) is 31.2 Å². The molecule has 126 valence electrons. The molecule has 5 heteroatoms. The average Bonchev–Trinajstić information content (AvgIpc) is 3.03. The quantitative estimate of drug-likeness (QED) is 0.757. The number of amides is 1. The third-order valence-electron chi connectivity index (χ3n) is 4.51. The molecule has 2 rings (SSSR count). The highest BCUT2D eigenvalue weighted by Gasteiger charge is 2.34. The second-order valence-electron chi connectivity index (χ2n) is 6.01. The van der Waals surface area contributed by atoms with E-state index in [1.165, 1.54) is 0 Å². The molecule has 0 saturated heterocycles. The van der Waals surface area contributed by atoms with Crippen molar-refractivity contribution in [3.63, 3.8) is 0 Å². The van der Waals surface area contributed by atoms with Gasteiger partial charge in [-0.15, -0.1) is 6.58 Å². The summed E-state index contributed by atoms with van der Waals surface area (Å²) in [5.41, 5.74) is 7.06. The normalized spacial score (nSPS) is 16.0. The number of carbonyl (C=O) groups is 1. The molecule has 0 aliphatic heterocycles. The molecule has 1 saturated carbocycles. The minimum absolute atomic E-state index is 0.122. The molecule has 0 atom stereocenters. The fourth-order valence-electron chi connectivity index (χ4n) is 3.23. The summed E-state index contributed by atoms with van der Waals surface area (Å²) in [4.78, 5) is 12.7. The first-order chi connectivity index (χ1) is 11.1. The summed E-state index contributed by atoms with van der Waals surface area (Å²) < 4.78 is 10.8. The second kappa shape index (κ2) is 7.51. The van der Waals surface area contributed by atoms with Crippen molar-refractivity contribution in [3.8, 4) is 11.5 Å². The van der Waals surface area contributed by atoms with E-state index in [-0.39, 0.29) is 11.4 Å². The van der Waals surface area contributed by atoms with Crippen molar-refractivity contribution in [2.24, 2.45) is 5.73 Å². The van der Waals surface area contributed by atoms with Gasteiger partial charge in [-0.3, -0.25) is 4.79 Å². The van der Waals surface area contributed by atoms with Gasteiger partial charge < -0.3 is 20.5 Å². The van der Waals surface area contributed by atoms with E-state index >= 15 is 0 Å². The first-order valence-corrected chi connectivity index (χ1v) is 7.97. The highest BCUT2D eigenvalue weighted by Crippen LogP contribution is 2.34. The molecule has 0 heterocycles. The zero-order chi connectivity index (χ0) is 16.9. The molecule has 0 spiro atoms. The van der Waals surface area contributed by atoms with Crippen LogP contribution in [0.4, 0.5) is 0 Å². The molecule has 5 nitrogen and oxygen atoms in total. The van der Waals surface area contributed by atoms with E-state index in [0.29, 0.717) is 30.0 Å². The number of hydrogen-bond donors (Lipinski definition) is 2. The Hall–Kier alpha value is -2.01. The number of nitrogens with one attached hydrogen (secondary N) is 1. The second-order valence-corrected chi connectivity index (χ2v) is 6.01. The minimum atomic E-state index is -0.275. The third kappa shape index (κ3) is 3.67. The number of allylic oxidation sites excluding steroid dienone is 1. The summed E-state index contributed by atoms with van der Waals surface area (Å²) in [7, 11) is 3.15. The van der Waals surface area contributed by atoms with Crippen LogP contribution in [0.1, 0.15) is 41.6 Å². The molecule has 3 N–H and O–H groups in total. The maximum Gasteiger partial charge on any atom is 0.251 e. The number of ether oxygens (including phenoxy) is 2. The first-order valence-electron chi connectivity index (χ1n) is 7.97. The molecule has 23 heavy (non-hydrogen) atoms. The molecule has 0 radical (unpaired) electrons. The van der Waals surface area contributed by atoms with E-state index < -0.39 is 0 Å². The van der Waals surface area contributed by atoms with Gasteiger partial charge >= 0.3 is 0 Å². The van der Waals surface area contributed by atoms with E-state index in [9.17, 15) is 4.79 Å². The fraction of sp³-hybridized carbons (Fsp3) is 0.500. The van der Waals surface area contributed by atoms with Crippen molar-refractivity contribution in [1.29, 1.82) is 0 Å². The van der Waals surface area contributed by atoms with Crippen molar-refractivity contribution < 1.29 is 14.3 Å². The van der Waals surface area contributed by atoms with Gasteiger partial charge in [-0.2, -0.15) is 0 Å². The topological polar surface area (TPSA) is 73.6 Å². The van der Waals surface area contributed by atoms with Crippen LogP contribution in [0.2, 0.25) is 0 Å². The summed E-state index contributed by atoms with van der Waals surface area (Å²) in [6.07, 6.45) is 6.44. The Balaban J connectivity index is 2.32. The van der Waals surface area contributed by atoms with Gasteiger partial charge in [0.15, 0.2) is 11.5 Å². The number of carbonyl (C=O) groups excluding carboxylic acids is 1. The van der Waals surface area contributed by atoms with Gasteiger partial charge in [-0.25, -0.2) is 0 Å². The van der Waals surface area contributed by atoms with Gasteiger partial charge in [0, 0.05) is 17.7 Å². The van der Waals surface area contributed by atoms with Gasteiger partial charge in [0.1, 0.15) is 0 Å². The van der Waals surface area contributed by atoms with Crippen LogP contribution in [0.15, 0.2) is 24.8 Å². The Kier molecular flexibility index (Phi) is 5.66. The lowest BCUT2D eigenvalue weighted by molar-refractivity contribution is 0.0902. The lowest BCUT2D eigenvalue weighted by Crippen LogP contribution is -2.51. The van der Waals surface area contributed by atoms with Gasteiger partial charge in [-0.05, 0) is 31.4 Å². The molecule has 1 aromatic rings. The summed E-state index contributed by atoms with van der Waals surface area (Å²) in [5, 5.41) is 3.13. The molecule has 0 aromatic heterocycles. The molecule has 0 unspecified atom stereocenters. The molecule has 1 fully saturated rings. The van der Waals surface area contributed by atoms with Crippen LogP contribution in [0.25, 0.3) is 0 Å². The highest BCUT2D eigenvalue weighted by molar-refractivity contribution is 5.95. The third-order valence-corrected chi connectivity index (χ3v) is 4.51. The number of nitrogens with two attached hydrogens (primary N) is 1. The van der Waals surface area contributed by atoms with Gasteiger partial charge in [0.05, 0.1) is 19.8 Å². The largest absolute Gasteiger partial charge is 0.493 e. The van der Waals surface area contributed by atoms with Crippen LogP contribution in [-0.2, 0) is 6.42 Å². The van der Waals surface area contributed by atoms with Crippen LogP contribution in [0.5, 0.6) is 11.5 Å².